The zero-order chi connectivity index (χ0) is 13.7. The van der Waals surface area contributed by atoms with E-state index in [0.29, 0.717) is 19.0 Å². The Labute approximate surface area is 113 Å². The van der Waals surface area contributed by atoms with Gasteiger partial charge in [-0.3, -0.25) is 0 Å². The Morgan fingerprint density at radius 2 is 2.37 bits per heavy atom. The Morgan fingerprint density at radius 3 is 3.00 bits per heavy atom. The molecule has 1 unspecified atom stereocenters. The smallest absolute Gasteiger partial charge is 0.134 e. The van der Waals surface area contributed by atoms with Crippen LogP contribution in [-0.4, -0.2) is 42.4 Å². The van der Waals surface area contributed by atoms with E-state index in [-0.39, 0.29) is 5.60 Å². The van der Waals surface area contributed by atoms with Crippen LogP contribution in [0.3, 0.4) is 0 Å². The molecule has 6 nitrogen and oxygen atoms in total. The topological polar surface area (TPSA) is 82.3 Å². The Bertz CT molecular complexity index is 419. The molecule has 3 N–H and O–H groups in total. The number of hydrogen-bond donors (Lipinski definition) is 2. The number of nitrogens with one attached hydrogen (secondary N) is 1. The fourth-order valence-corrected chi connectivity index (χ4v) is 2.28. The van der Waals surface area contributed by atoms with E-state index in [1.165, 1.54) is 6.33 Å². The van der Waals surface area contributed by atoms with Gasteiger partial charge < -0.3 is 20.5 Å². The minimum absolute atomic E-state index is 0.261. The van der Waals surface area contributed by atoms with Gasteiger partial charge in [-0.2, -0.15) is 0 Å². The molecule has 0 radical (unpaired) electrons. The van der Waals surface area contributed by atoms with Crippen LogP contribution in [0.1, 0.15) is 25.3 Å². The van der Waals surface area contributed by atoms with E-state index >= 15 is 0 Å². The molecule has 1 aliphatic heterocycles. The Hall–Kier alpha value is -1.40. The second-order valence-corrected chi connectivity index (χ2v) is 4.88. The Morgan fingerprint density at radius 1 is 1.53 bits per heavy atom. The average molecular weight is 266 g/mol. The summed E-state index contributed by atoms with van der Waals surface area (Å²) in [6.45, 7) is 4.12. The average Bonchev–Trinajstić information content (AvgIpc) is 2.89. The molecule has 1 atom stereocenters. The van der Waals surface area contributed by atoms with E-state index < -0.39 is 0 Å². The summed E-state index contributed by atoms with van der Waals surface area (Å²) in [6.07, 6.45) is 4.25. The van der Waals surface area contributed by atoms with Crippen molar-refractivity contribution in [2.24, 2.45) is 0 Å². The first-order valence-corrected chi connectivity index (χ1v) is 6.67. The monoisotopic (exact) mass is 266 g/mol. The van der Waals surface area contributed by atoms with Crippen molar-refractivity contribution in [2.75, 3.05) is 37.9 Å². The summed E-state index contributed by atoms with van der Waals surface area (Å²) < 4.78 is 11.0. The van der Waals surface area contributed by atoms with Crippen molar-refractivity contribution in [1.29, 1.82) is 0 Å². The normalized spacial score (nSPS) is 22.6. The molecule has 0 amide bonds. The van der Waals surface area contributed by atoms with E-state index in [1.807, 2.05) is 0 Å². The molecular formula is C13H22N4O2. The van der Waals surface area contributed by atoms with E-state index in [2.05, 4.69) is 22.2 Å². The summed E-state index contributed by atoms with van der Waals surface area (Å²) in [6, 6.07) is 0. The van der Waals surface area contributed by atoms with E-state index in [1.54, 1.807) is 7.11 Å². The van der Waals surface area contributed by atoms with Crippen LogP contribution in [0.25, 0.3) is 0 Å². The van der Waals surface area contributed by atoms with Gasteiger partial charge in [0.05, 0.1) is 6.61 Å². The van der Waals surface area contributed by atoms with Crippen LogP contribution in [0.15, 0.2) is 6.33 Å². The van der Waals surface area contributed by atoms with Crippen LogP contribution < -0.4 is 11.1 Å². The fourth-order valence-electron chi connectivity index (χ4n) is 2.28. The molecule has 2 heterocycles. The Kier molecular flexibility index (Phi) is 4.55. The molecule has 2 rings (SSSR count). The van der Waals surface area contributed by atoms with Crippen LogP contribution in [0.5, 0.6) is 0 Å². The maximum Gasteiger partial charge on any atom is 0.134 e. The lowest BCUT2D eigenvalue weighted by atomic mass is 10.0. The summed E-state index contributed by atoms with van der Waals surface area (Å²) in [5.41, 5.74) is 6.63. The van der Waals surface area contributed by atoms with Gasteiger partial charge in [0.2, 0.25) is 0 Å². The minimum Gasteiger partial charge on any atom is -0.383 e. The summed E-state index contributed by atoms with van der Waals surface area (Å²) in [7, 11) is 1.72. The van der Waals surface area contributed by atoms with Crippen molar-refractivity contribution in [1.82, 2.24) is 9.97 Å². The van der Waals surface area contributed by atoms with Gasteiger partial charge in [-0.15, -0.1) is 0 Å². The molecule has 106 valence electrons. The first-order valence-electron chi connectivity index (χ1n) is 6.67. The number of hydrogen-bond acceptors (Lipinski definition) is 6. The first kappa shape index (κ1) is 14.0. The number of anilines is 2. The van der Waals surface area contributed by atoms with Gasteiger partial charge in [0.1, 0.15) is 23.6 Å². The van der Waals surface area contributed by atoms with Crippen molar-refractivity contribution < 1.29 is 9.47 Å². The van der Waals surface area contributed by atoms with Crippen LogP contribution in [-0.2, 0) is 15.9 Å². The molecular weight excluding hydrogens is 244 g/mol. The minimum atomic E-state index is -0.261. The third kappa shape index (κ3) is 3.13. The van der Waals surface area contributed by atoms with Gasteiger partial charge in [0, 0.05) is 32.2 Å². The predicted molar refractivity (Wildman–Crippen MR) is 74.1 cm³/mol. The SMILES string of the molecule is CCCc1c(N)ncnc1NCC1(OC)CCOC1. The number of methoxy groups -OCH3 is 1. The zero-order valence-corrected chi connectivity index (χ0v) is 11.6. The molecule has 6 heteroatoms. The lowest BCUT2D eigenvalue weighted by molar-refractivity contribution is -0.00626. The summed E-state index contributed by atoms with van der Waals surface area (Å²) in [4.78, 5) is 8.33. The molecule has 1 aromatic rings. The second kappa shape index (κ2) is 6.16. The van der Waals surface area contributed by atoms with Gasteiger partial charge in [0.25, 0.3) is 0 Å². The van der Waals surface area contributed by atoms with Crippen molar-refractivity contribution in [3.8, 4) is 0 Å². The predicted octanol–water partition coefficient (Wildman–Crippen LogP) is 1.23. The molecule has 0 spiro atoms. The largest absolute Gasteiger partial charge is 0.383 e. The van der Waals surface area contributed by atoms with E-state index in [0.717, 1.165) is 37.3 Å². The van der Waals surface area contributed by atoms with Gasteiger partial charge in [0.15, 0.2) is 0 Å². The Balaban J connectivity index is 2.08. The van der Waals surface area contributed by atoms with Gasteiger partial charge in [-0.1, -0.05) is 13.3 Å². The maximum absolute atomic E-state index is 5.91. The van der Waals surface area contributed by atoms with Crippen LogP contribution in [0.2, 0.25) is 0 Å². The standard InChI is InChI=1S/C13H22N4O2/c1-3-4-10-11(14)16-9-17-12(10)15-7-13(18-2)5-6-19-8-13/h9H,3-8H2,1-2H3,(H3,14,15,16,17). The zero-order valence-electron chi connectivity index (χ0n) is 11.6. The number of nitrogen functional groups attached to an aromatic ring is 1. The molecule has 1 fully saturated rings. The van der Waals surface area contributed by atoms with Crippen LogP contribution in [0, 0.1) is 0 Å². The molecule has 0 saturated carbocycles. The van der Waals surface area contributed by atoms with Crippen LogP contribution >= 0.6 is 0 Å². The summed E-state index contributed by atoms with van der Waals surface area (Å²) >= 11 is 0. The molecule has 0 bridgehead atoms. The quantitative estimate of drug-likeness (QED) is 0.806. The van der Waals surface area contributed by atoms with Gasteiger partial charge in [-0.25, -0.2) is 9.97 Å². The van der Waals surface area contributed by atoms with Crippen LogP contribution in [0.4, 0.5) is 11.6 Å². The highest BCUT2D eigenvalue weighted by molar-refractivity contribution is 5.55. The van der Waals surface area contributed by atoms with E-state index in [9.17, 15) is 0 Å². The van der Waals surface area contributed by atoms with Gasteiger partial charge in [-0.05, 0) is 6.42 Å². The summed E-state index contributed by atoms with van der Waals surface area (Å²) in [5.74, 6) is 1.35. The van der Waals surface area contributed by atoms with Crippen molar-refractivity contribution in [3.63, 3.8) is 0 Å². The number of rotatable bonds is 6. The highest BCUT2D eigenvalue weighted by atomic mass is 16.5. The van der Waals surface area contributed by atoms with Crippen molar-refractivity contribution in [2.45, 2.75) is 31.8 Å². The van der Waals surface area contributed by atoms with Crippen molar-refractivity contribution >= 4 is 11.6 Å². The highest BCUT2D eigenvalue weighted by Gasteiger charge is 2.35. The number of nitrogens with zero attached hydrogens (tertiary/aromatic N) is 2. The molecule has 1 aromatic heterocycles. The molecule has 1 aliphatic rings. The third-order valence-electron chi connectivity index (χ3n) is 3.56. The first-order chi connectivity index (χ1) is 9.21. The fraction of sp³-hybridized carbons (Fsp3) is 0.692. The van der Waals surface area contributed by atoms with Crippen molar-refractivity contribution in [3.05, 3.63) is 11.9 Å². The number of aromatic nitrogens is 2. The molecule has 0 aliphatic carbocycles. The molecule has 0 aromatic carbocycles. The van der Waals surface area contributed by atoms with E-state index in [4.69, 9.17) is 15.2 Å². The number of nitrogens with two attached hydrogens (primary N) is 1. The summed E-state index contributed by atoms with van der Waals surface area (Å²) in [5, 5.41) is 3.34. The molecule has 19 heavy (non-hydrogen) atoms. The van der Waals surface area contributed by atoms with Gasteiger partial charge >= 0.3 is 0 Å². The maximum atomic E-state index is 5.91. The molecule has 1 saturated heterocycles. The second-order valence-electron chi connectivity index (χ2n) is 4.88. The lowest BCUT2D eigenvalue weighted by Gasteiger charge is -2.26. The number of ether oxygens (including phenoxy) is 2. The lowest BCUT2D eigenvalue weighted by Crippen LogP contribution is -2.40. The third-order valence-corrected chi connectivity index (χ3v) is 3.56. The highest BCUT2D eigenvalue weighted by Crippen LogP contribution is 2.25.